The smallest absolute Gasteiger partial charge is 0.309 e. The molecule has 3 rings (SSSR count). The van der Waals surface area contributed by atoms with Gasteiger partial charge in [0.25, 0.3) is 0 Å². The Balaban J connectivity index is 1.84. The van der Waals surface area contributed by atoms with Crippen molar-refractivity contribution in [2.24, 2.45) is 5.92 Å². The van der Waals surface area contributed by atoms with E-state index in [-0.39, 0.29) is 41.5 Å². The first kappa shape index (κ1) is 26.5. The fourth-order valence-electron chi connectivity index (χ4n) is 4.01. The van der Waals surface area contributed by atoms with Crippen molar-refractivity contribution in [2.75, 3.05) is 40.5 Å². The van der Waals surface area contributed by atoms with Crippen LogP contribution in [0.3, 0.4) is 0 Å². The van der Waals surface area contributed by atoms with Gasteiger partial charge in [0.1, 0.15) is 16.4 Å². The molecule has 1 aliphatic heterocycles. The standard InChI is InChI=1S/C25H32N2O7S/c1-4-34-25(29)20-12-14-26(15-13-20)24(28)18-27(17-19-8-6-5-7-9-19)35(30,31)23-16-21(32-2)10-11-22(23)33-3/h5-11,16,20H,4,12-15,17-18H2,1-3H3. The van der Waals surface area contributed by atoms with Gasteiger partial charge in [-0.2, -0.15) is 4.31 Å². The van der Waals surface area contributed by atoms with E-state index in [1.807, 2.05) is 18.2 Å². The molecule has 0 bridgehead atoms. The number of sulfonamides is 1. The van der Waals surface area contributed by atoms with Crippen LogP contribution >= 0.6 is 0 Å². The van der Waals surface area contributed by atoms with Gasteiger partial charge in [0.15, 0.2) is 0 Å². The van der Waals surface area contributed by atoms with Crippen molar-refractivity contribution in [2.45, 2.75) is 31.2 Å². The van der Waals surface area contributed by atoms with Gasteiger partial charge in [0.05, 0.1) is 33.3 Å². The summed E-state index contributed by atoms with van der Waals surface area (Å²) in [4.78, 5) is 26.7. The van der Waals surface area contributed by atoms with Crippen LogP contribution in [0.1, 0.15) is 25.3 Å². The Kier molecular flexibility index (Phi) is 9.11. The van der Waals surface area contributed by atoms with Crippen molar-refractivity contribution < 1.29 is 32.2 Å². The molecule has 1 amide bonds. The second-order valence-corrected chi connectivity index (χ2v) is 10.1. The summed E-state index contributed by atoms with van der Waals surface area (Å²) in [6.45, 7) is 2.47. The number of ether oxygens (including phenoxy) is 3. The molecule has 9 nitrogen and oxygen atoms in total. The molecule has 0 spiro atoms. The first-order valence-electron chi connectivity index (χ1n) is 11.5. The number of nitrogens with zero attached hydrogens (tertiary/aromatic N) is 2. The molecular formula is C25H32N2O7S. The molecule has 0 N–H and O–H groups in total. The highest BCUT2D eigenvalue weighted by Crippen LogP contribution is 2.31. The molecule has 35 heavy (non-hydrogen) atoms. The number of hydrogen-bond acceptors (Lipinski definition) is 7. The average Bonchev–Trinajstić information content (AvgIpc) is 2.88. The number of hydrogen-bond donors (Lipinski definition) is 0. The molecule has 1 aliphatic rings. The third-order valence-electron chi connectivity index (χ3n) is 5.97. The summed E-state index contributed by atoms with van der Waals surface area (Å²) in [6, 6.07) is 13.6. The Hall–Kier alpha value is -3.11. The molecule has 1 fully saturated rings. The van der Waals surface area contributed by atoms with E-state index >= 15 is 0 Å². The maximum absolute atomic E-state index is 13.8. The molecule has 0 saturated carbocycles. The van der Waals surface area contributed by atoms with Crippen LogP contribution < -0.4 is 9.47 Å². The van der Waals surface area contributed by atoms with E-state index in [1.165, 1.54) is 26.4 Å². The number of carbonyl (C=O) groups is 2. The minimum absolute atomic E-state index is 0.00850. The van der Waals surface area contributed by atoms with E-state index in [1.54, 1.807) is 30.0 Å². The molecule has 2 aromatic carbocycles. The average molecular weight is 505 g/mol. The van der Waals surface area contributed by atoms with Crippen LogP contribution in [0.5, 0.6) is 11.5 Å². The predicted octanol–water partition coefficient (Wildman–Crippen LogP) is 2.70. The van der Waals surface area contributed by atoms with Crippen LogP contribution in [0.4, 0.5) is 0 Å². The number of esters is 1. The Labute approximate surface area is 206 Å². The fourth-order valence-corrected chi connectivity index (χ4v) is 5.56. The lowest BCUT2D eigenvalue weighted by molar-refractivity contribution is -0.151. The monoisotopic (exact) mass is 504 g/mol. The van der Waals surface area contributed by atoms with Crippen molar-refractivity contribution in [3.05, 3.63) is 54.1 Å². The van der Waals surface area contributed by atoms with Gasteiger partial charge in [-0.1, -0.05) is 30.3 Å². The molecule has 0 unspecified atom stereocenters. The quantitative estimate of drug-likeness (QED) is 0.459. The molecule has 190 valence electrons. The zero-order valence-corrected chi connectivity index (χ0v) is 21.1. The van der Waals surface area contributed by atoms with E-state index in [2.05, 4.69) is 0 Å². The number of piperidine rings is 1. The Morgan fingerprint density at radius 2 is 1.71 bits per heavy atom. The summed E-state index contributed by atoms with van der Waals surface area (Å²) >= 11 is 0. The molecule has 2 aromatic rings. The predicted molar refractivity (Wildman–Crippen MR) is 130 cm³/mol. The molecular weight excluding hydrogens is 472 g/mol. The molecule has 0 aromatic heterocycles. The van der Waals surface area contributed by atoms with Gasteiger partial charge < -0.3 is 19.1 Å². The number of carbonyl (C=O) groups excluding carboxylic acids is 2. The molecule has 0 atom stereocenters. The largest absolute Gasteiger partial charge is 0.497 e. The van der Waals surface area contributed by atoms with Crippen LogP contribution in [0.2, 0.25) is 0 Å². The Morgan fingerprint density at radius 1 is 1.03 bits per heavy atom. The molecule has 1 heterocycles. The second kappa shape index (κ2) is 12.0. The number of rotatable bonds is 10. The van der Waals surface area contributed by atoms with E-state index in [4.69, 9.17) is 14.2 Å². The van der Waals surface area contributed by atoms with Crippen LogP contribution in [-0.2, 0) is 30.9 Å². The Bertz CT molecular complexity index is 1110. The number of benzene rings is 2. The van der Waals surface area contributed by atoms with Crippen LogP contribution in [0, 0.1) is 5.92 Å². The van der Waals surface area contributed by atoms with Crippen LogP contribution in [-0.4, -0.2) is 70.0 Å². The number of likely N-dealkylation sites (tertiary alicyclic amines) is 1. The highest BCUT2D eigenvalue weighted by atomic mass is 32.2. The summed E-state index contributed by atoms with van der Waals surface area (Å²) in [5.74, 6) is -0.307. The van der Waals surface area contributed by atoms with Crippen molar-refractivity contribution in [3.63, 3.8) is 0 Å². The molecule has 10 heteroatoms. The first-order valence-corrected chi connectivity index (χ1v) is 12.9. The third-order valence-corrected chi connectivity index (χ3v) is 7.78. The van der Waals surface area contributed by atoms with Crippen LogP contribution in [0.25, 0.3) is 0 Å². The summed E-state index contributed by atoms with van der Waals surface area (Å²) in [5, 5.41) is 0. The van der Waals surface area contributed by atoms with E-state index < -0.39 is 10.0 Å². The number of amides is 1. The summed E-state index contributed by atoms with van der Waals surface area (Å²) < 4.78 is 44.3. The minimum atomic E-state index is -4.13. The van der Waals surface area contributed by atoms with Crippen molar-refractivity contribution in [1.82, 2.24) is 9.21 Å². The zero-order chi connectivity index (χ0) is 25.4. The maximum atomic E-state index is 13.8. The lowest BCUT2D eigenvalue weighted by atomic mass is 9.97. The van der Waals surface area contributed by atoms with Crippen molar-refractivity contribution >= 4 is 21.9 Å². The van der Waals surface area contributed by atoms with Gasteiger partial charge in [-0.25, -0.2) is 8.42 Å². The maximum Gasteiger partial charge on any atom is 0.309 e. The van der Waals surface area contributed by atoms with Gasteiger partial charge in [-0.05, 0) is 37.5 Å². The lowest BCUT2D eigenvalue weighted by Crippen LogP contribution is -2.46. The summed E-state index contributed by atoms with van der Waals surface area (Å²) in [5.41, 5.74) is 0.742. The normalized spacial score (nSPS) is 14.6. The topological polar surface area (TPSA) is 102 Å². The zero-order valence-electron chi connectivity index (χ0n) is 20.3. The minimum Gasteiger partial charge on any atom is -0.497 e. The van der Waals surface area contributed by atoms with Gasteiger partial charge >= 0.3 is 5.97 Å². The second-order valence-electron chi connectivity index (χ2n) is 8.18. The van der Waals surface area contributed by atoms with E-state index in [0.717, 1.165) is 9.87 Å². The molecule has 1 saturated heterocycles. The third kappa shape index (κ3) is 6.52. The van der Waals surface area contributed by atoms with Crippen molar-refractivity contribution in [3.8, 4) is 11.5 Å². The van der Waals surface area contributed by atoms with Gasteiger partial charge in [-0.3, -0.25) is 9.59 Å². The summed E-state index contributed by atoms with van der Waals surface area (Å²) in [6.07, 6.45) is 0.972. The summed E-state index contributed by atoms with van der Waals surface area (Å²) in [7, 11) is -1.30. The van der Waals surface area contributed by atoms with Gasteiger partial charge in [0.2, 0.25) is 15.9 Å². The number of methoxy groups -OCH3 is 2. The fraction of sp³-hybridized carbons (Fsp3) is 0.440. The first-order chi connectivity index (χ1) is 16.8. The Morgan fingerprint density at radius 3 is 2.31 bits per heavy atom. The molecule has 0 radical (unpaired) electrons. The van der Waals surface area contributed by atoms with Crippen molar-refractivity contribution in [1.29, 1.82) is 0 Å². The highest BCUT2D eigenvalue weighted by molar-refractivity contribution is 7.89. The van der Waals surface area contributed by atoms with Gasteiger partial charge in [0, 0.05) is 25.7 Å². The lowest BCUT2D eigenvalue weighted by Gasteiger charge is -2.32. The SMILES string of the molecule is CCOC(=O)C1CCN(C(=O)CN(Cc2ccccc2)S(=O)(=O)c2cc(OC)ccc2OC)CC1. The van der Waals surface area contributed by atoms with E-state index in [9.17, 15) is 18.0 Å². The van der Waals surface area contributed by atoms with E-state index in [0.29, 0.717) is 38.3 Å². The molecule has 0 aliphatic carbocycles. The van der Waals surface area contributed by atoms with Crippen LogP contribution in [0.15, 0.2) is 53.4 Å². The van der Waals surface area contributed by atoms with Gasteiger partial charge in [-0.15, -0.1) is 0 Å². The highest BCUT2D eigenvalue weighted by Gasteiger charge is 2.33.